The Hall–Kier alpha value is -2.84. The van der Waals surface area contributed by atoms with Gasteiger partial charge in [0.15, 0.2) is 11.2 Å². The van der Waals surface area contributed by atoms with Crippen molar-refractivity contribution in [2.24, 2.45) is 12.8 Å². The van der Waals surface area contributed by atoms with Gasteiger partial charge in [-0.15, -0.1) is 0 Å². The molecule has 3 aromatic rings. The average Bonchev–Trinajstić information content (AvgIpc) is 2.90. The van der Waals surface area contributed by atoms with E-state index in [2.05, 4.69) is 4.98 Å². The van der Waals surface area contributed by atoms with Crippen molar-refractivity contribution >= 4 is 22.9 Å². The predicted molar refractivity (Wildman–Crippen MR) is 73.1 cm³/mol. The van der Waals surface area contributed by atoms with Gasteiger partial charge in [-0.1, -0.05) is 0 Å². The molecule has 0 aromatic carbocycles. The molecular formula is C12H13N5O4. The number of carbonyl (C=O) groups is 1. The number of fused-ring (bicyclic) bond motifs is 3. The van der Waals surface area contributed by atoms with E-state index < -0.39 is 23.7 Å². The Kier molecular flexibility index (Phi) is 2.55. The van der Waals surface area contributed by atoms with Gasteiger partial charge in [-0.05, 0) is 13.8 Å². The maximum atomic E-state index is 12.5. The van der Waals surface area contributed by atoms with E-state index in [1.165, 1.54) is 16.0 Å². The number of hydrogen-bond acceptors (Lipinski definition) is 5. The summed E-state index contributed by atoms with van der Waals surface area (Å²) in [4.78, 5) is 39.9. The number of amides is 1. The second kappa shape index (κ2) is 4.08. The summed E-state index contributed by atoms with van der Waals surface area (Å²) < 4.78 is 8.97. The number of aromatic nitrogens is 4. The first-order valence-electron chi connectivity index (χ1n) is 6.19. The summed E-state index contributed by atoms with van der Waals surface area (Å²) in [6.07, 6.45) is 0. The number of primary amides is 1. The minimum atomic E-state index is -0.769. The molecule has 0 bridgehead atoms. The van der Waals surface area contributed by atoms with Crippen LogP contribution in [0.4, 0.5) is 0 Å². The van der Waals surface area contributed by atoms with Gasteiger partial charge < -0.3 is 10.2 Å². The van der Waals surface area contributed by atoms with Gasteiger partial charge in [0.25, 0.3) is 5.56 Å². The Labute approximate surface area is 117 Å². The molecule has 0 atom stereocenters. The highest BCUT2D eigenvalue weighted by Crippen LogP contribution is 2.19. The number of nitrogens with zero attached hydrogens (tertiary/aromatic N) is 4. The lowest BCUT2D eigenvalue weighted by Gasteiger charge is -2.06. The van der Waals surface area contributed by atoms with E-state index in [1.54, 1.807) is 13.8 Å². The van der Waals surface area contributed by atoms with Crippen molar-refractivity contribution in [3.63, 3.8) is 0 Å². The number of imidazole rings is 1. The molecule has 3 rings (SSSR count). The summed E-state index contributed by atoms with van der Waals surface area (Å²) in [6, 6.07) is 0. The van der Waals surface area contributed by atoms with Gasteiger partial charge in [0.1, 0.15) is 12.3 Å². The molecule has 0 aliphatic rings. The molecule has 2 N–H and O–H groups in total. The first-order valence-corrected chi connectivity index (χ1v) is 6.19. The molecule has 3 aromatic heterocycles. The zero-order chi connectivity index (χ0) is 15.5. The highest BCUT2D eigenvalue weighted by Gasteiger charge is 2.21. The number of hydrogen-bond donors (Lipinski definition) is 1. The van der Waals surface area contributed by atoms with Crippen LogP contribution >= 0.6 is 0 Å². The highest BCUT2D eigenvalue weighted by molar-refractivity contribution is 5.77. The maximum Gasteiger partial charge on any atom is 0.332 e. The Morgan fingerprint density at radius 2 is 2.00 bits per heavy atom. The van der Waals surface area contributed by atoms with Gasteiger partial charge in [-0.3, -0.25) is 18.6 Å². The number of carbonyl (C=O) groups excluding carboxylic acids is 1. The summed E-state index contributed by atoms with van der Waals surface area (Å²) in [6.45, 7) is 3.04. The fourth-order valence-electron chi connectivity index (χ4n) is 2.34. The van der Waals surface area contributed by atoms with Crippen LogP contribution in [0.5, 0.6) is 0 Å². The van der Waals surface area contributed by atoms with E-state index in [0.717, 1.165) is 4.57 Å². The minimum Gasteiger partial charge on any atom is -0.428 e. The Bertz CT molecular complexity index is 1020. The summed E-state index contributed by atoms with van der Waals surface area (Å²) in [5.74, 6) is 0.0763. The first-order chi connectivity index (χ1) is 9.82. The lowest BCUT2D eigenvalue weighted by molar-refractivity contribution is -0.118. The van der Waals surface area contributed by atoms with Gasteiger partial charge in [0, 0.05) is 7.05 Å². The molecule has 0 aliphatic heterocycles. The third-order valence-electron chi connectivity index (χ3n) is 3.51. The zero-order valence-corrected chi connectivity index (χ0v) is 11.7. The average molecular weight is 291 g/mol. The van der Waals surface area contributed by atoms with Crippen LogP contribution < -0.4 is 17.0 Å². The third kappa shape index (κ3) is 1.63. The summed E-state index contributed by atoms with van der Waals surface area (Å²) in [7, 11) is 1.47. The van der Waals surface area contributed by atoms with Crippen LogP contribution in [0.25, 0.3) is 17.0 Å². The highest BCUT2D eigenvalue weighted by atomic mass is 16.4. The minimum absolute atomic E-state index is 0.183. The van der Waals surface area contributed by atoms with E-state index in [0.29, 0.717) is 11.5 Å². The molecule has 0 radical (unpaired) electrons. The van der Waals surface area contributed by atoms with Crippen LogP contribution in [-0.4, -0.2) is 24.4 Å². The number of rotatable bonds is 2. The van der Waals surface area contributed by atoms with Gasteiger partial charge in [-0.2, -0.15) is 4.98 Å². The van der Waals surface area contributed by atoms with Gasteiger partial charge in [-0.25, -0.2) is 9.36 Å². The maximum absolute atomic E-state index is 12.5. The second-order valence-electron chi connectivity index (χ2n) is 4.84. The van der Waals surface area contributed by atoms with E-state index in [4.69, 9.17) is 10.2 Å². The van der Waals surface area contributed by atoms with Crippen molar-refractivity contribution in [1.29, 1.82) is 0 Å². The van der Waals surface area contributed by atoms with Crippen molar-refractivity contribution in [1.82, 2.24) is 18.5 Å². The van der Waals surface area contributed by atoms with Crippen molar-refractivity contribution < 1.29 is 9.21 Å². The molecule has 9 heteroatoms. The van der Waals surface area contributed by atoms with Crippen molar-refractivity contribution in [2.75, 3.05) is 0 Å². The molecule has 3 heterocycles. The lowest BCUT2D eigenvalue weighted by atomic mass is 10.4. The molecule has 0 aliphatic carbocycles. The summed E-state index contributed by atoms with van der Waals surface area (Å²) in [5, 5.41) is 0. The first kappa shape index (κ1) is 13.2. The Morgan fingerprint density at radius 3 is 2.62 bits per heavy atom. The molecule has 9 nitrogen and oxygen atoms in total. The van der Waals surface area contributed by atoms with Crippen molar-refractivity contribution in [3.8, 4) is 0 Å². The normalized spacial score (nSPS) is 11.6. The predicted octanol–water partition coefficient (Wildman–Crippen LogP) is -0.957. The largest absolute Gasteiger partial charge is 0.428 e. The van der Waals surface area contributed by atoms with E-state index in [1.807, 2.05) is 0 Å². The Morgan fingerprint density at radius 1 is 1.33 bits per heavy atom. The molecule has 1 amide bonds. The fourth-order valence-corrected chi connectivity index (χ4v) is 2.34. The SMILES string of the molecule is Cc1oc2nc3c(c(=O)n(CC(N)=O)c(=O)n3C)n2c1C. The standard InChI is InChI=1S/C12H13N5O4/c1-5-6(2)21-11-14-9-8(17(5)11)10(19)16(4-7(13)18)12(20)15(9)3/h4H2,1-3H3,(H2,13,18). The second-order valence-corrected chi connectivity index (χ2v) is 4.84. The van der Waals surface area contributed by atoms with Crippen LogP contribution in [0.2, 0.25) is 0 Å². The van der Waals surface area contributed by atoms with Gasteiger partial charge in [0.2, 0.25) is 5.91 Å². The van der Waals surface area contributed by atoms with E-state index in [9.17, 15) is 14.4 Å². The Balaban J connectivity index is 2.58. The van der Waals surface area contributed by atoms with Crippen LogP contribution in [0.1, 0.15) is 11.5 Å². The third-order valence-corrected chi connectivity index (χ3v) is 3.51. The smallest absolute Gasteiger partial charge is 0.332 e. The molecule has 21 heavy (non-hydrogen) atoms. The number of oxazole rings is 1. The van der Waals surface area contributed by atoms with E-state index in [-0.39, 0.29) is 17.0 Å². The molecule has 110 valence electrons. The van der Waals surface area contributed by atoms with Crippen LogP contribution in [-0.2, 0) is 18.4 Å². The lowest BCUT2D eigenvalue weighted by Crippen LogP contribution is -2.42. The molecule has 0 saturated carbocycles. The zero-order valence-electron chi connectivity index (χ0n) is 11.7. The monoisotopic (exact) mass is 291 g/mol. The molecule has 0 spiro atoms. The molecule has 0 fully saturated rings. The quantitative estimate of drug-likeness (QED) is 0.652. The fraction of sp³-hybridized carbons (Fsp3) is 0.333. The number of aryl methyl sites for hydroxylation is 3. The molecule has 0 unspecified atom stereocenters. The topological polar surface area (TPSA) is 118 Å². The molecule has 0 saturated heterocycles. The van der Waals surface area contributed by atoms with Crippen LogP contribution in [0.15, 0.2) is 14.0 Å². The van der Waals surface area contributed by atoms with Crippen LogP contribution in [0, 0.1) is 13.8 Å². The van der Waals surface area contributed by atoms with Crippen molar-refractivity contribution in [3.05, 3.63) is 32.3 Å². The van der Waals surface area contributed by atoms with Crippen molar-refractivity contribution in [2.45, 2.75) is 20.4 Å². The van der Waals surface area contributed by atoms with Gasteiger partial charge >= 0.3 is 11.5 Å². The summed E-state index contributed by atoms with van der Waals surface area (Å²) >= 11 is 0. The number of nitrogens with two attached hydrogens (primary N) is 1. The van der Waals surface area contributed by atoms with E-state index >= 15 is 0 Å². The molecular weight excluding hydrogens is 278 g/mol. The van der Waals surface area contributed by atoms with Crippen LogP contribution in [0.3, 0.4) is 0 Å². The van der Waals surface area contributed by atoms with Gasteiger partial charge in [0.05, 0.1) is 5.69 Å². The summed E-state index contributed by atoms with van der Waals surface area (Å²) in [5.41, 5.74) is 4.90.